The van der Waals surface area contributed by atoms with Crippen LogP contribution < -0.4 is 10.1 Å². The van der Waals surface area contributed by atoms with Crippen LogP contribution in [0.4, 0.5) is 13.2 Å². The van der Waals surface area contributed by atoms with Crippen molar-refractivity contribution < 1.29 is 32.2 Å². The van der Waals surface area contributed by atoms with Crippen molar-refractivity contribution in [2.24, 2.45) is 0 Å². The van der Waals surface area contributed by atoms with Crippen molar-refractivity contribution in [3.63, 3.8) is 0 Å². The van der Waals surface area contributed by atoms with Gasteiger partial charge in [0.1, 0.15) is 11.8 Å². The van der Waals surface area contributed by atoms with E-state index in [-0.39, 0.29) is 12.0 Å². The quantitative estimate of drug-likeness (QED) is 0.727. The predicted molar refractivity (Wildman–Crippen MR) is 96.4 cm³/mol. The van der Waals surface area contributed by atoms with Crippen molar-refractivity contribution >= 4 is 23.5 Å². The highest BCUT2D eigenvalue weighted by atomic mass is 35.5. The molecule has 2 aromatic carbocycles. The van der Waals surface area contributed by atoms with Crippen molar-refractivity contribution in [1.29, 1.82) is 0 Å². The summed E-state index contributed by atoms with van der Waals surface area (Å²) in [7, 11) is 2.60. The minimum atomic E-state index is -4.59. The molecule has 1 atom stereocenters. The Balaban J connectivity index is 2.21. The number of benzene rings is 2. The molecule has 0 heterocycles. The smallest absolute Gasteiger partial charge is 0.416 e. The maximum absolute atomic E-state index is 12.8. The van der Waals surface area contributed by atoms with E-state index in [1.165, 1.54) is 13.2 Å². The van der Waals surface area contributed by atoms with Crippen LogP contribution in [0, 0.1) is 0 Å². The summed E-state index contributed by atoms with van der Waals surface area (Å²) in [4.78, 5) is 24.4. The van der Waals surface area contributed by atoms with Crippen molar-refractivity contribution in [1.82, 2.24) is 5.32 Å². The minimum absolute atomic E-state index is 0.0289. The van der Waals surface area contributed by atoms with Crippen molar-refractivity contribution in [3.05, 3.63) is 64.2 Å². The van der Waals surface area contributed by atoms with Crippen molar-refractivity contribution in [2.45, 2.75) is 18.6 Å². The van der Waals surface area contributed by atoms with Crippen molar-refractivity contribution in [2.75, 3.05) is 14.2 Å². The molecule has 0 spiro atoms. The number of rotatable bonds is 6. The zero-order valence-corrected chi connectivity index (χ0v) is 15.7. The Morgan fingerprint density at radius 3 is 2.43 bits per heavy atom. The molecule has 0 fully saturated rings. The molecule has 0 aromatic heterocycles. The molecule has 2 aromatic rings. The van der Waals surface area contributed by atoms with Gasteiger partial charge in [-0.05, 0) is 35.9 Å². The number of halogens is 4. The summed E-state index contributed by atoms with van der Waals surface area (Å²) < 4.78 is 48.2. The molecule has 1 amide bonds. The van der Waals surface area contributed by atoms with E-state index in [1.54, 1.807) is 18.2 Å². The lowest BCUT2D eigenvalue weighted by atomic mass is 10.0. The molecule has 0 aliphatic heterocycles. The lowest BCUT2D eigenvalue weighted by Gasteiger charge is -2.17. The average Bonchev–Trinajstić information content (AvgIpc) is 2.66. The van der Waals surface area contributed by atoms with Gasteiger partial charge in [0.25, 0.3) is 5.91 Å². The van der Waals surface area contributed by atoms with E-state index in [2.05, 4.69) is 10.1 Å². The van der Waals surface area contributed by atoms with E-state index in [0.29, 0.717) is 22.4 Å². The lowest BCUT2D eigenvalue weighted by molar-refractivity contribution is -0.143. The van der Waals surface area contributed by atoms with Crippen LogP contribution in [-0.4, -0.2) is 32.1 Å². The maximum atomic E-state index is 12.8. The number of carbonyl (C=O) groups is 2. The van der Waals surface area contributed by atoms with Crippen LogP contribution in [0.1, 0.15) is 21.5 Å². The Bertz CT molecular complexity index is 870. The molecule has 150 valence electrons. The second-order valence-electron chi connectivity index (χ2n) is 5.80. The Kier molecular flexibility index (Phi) is 6.90. The van der Waals surface area contributed by atoms with Crippen LogP contribution in [0.25, 0.3) is 0 Å². The molecular formula is C19H17ClF3NO4. The molecule has 0 saturated carbocycles. The molecule has 0 aliphatic rings. The van der Waals surface area contributed by atoms with Crippen LogP contribution in [-0.2, 0) is 22.1 Å². The monoisotopic (exact) mass is 415 g/mol. The first-order valence-corrected chi connectivity index (χ1v) is 8.42. The fraction of sp³-hybridized carbons (Fsp3) is 0.263. The number of nitrogens with one attached hydrogen (secondary N) is 1. The number of alkyl halides is 3. The van der Waals surface area contributed by atoms with Gasteiger partial charge in [0, 0.05) is 12.0 Å². The molecule has 2 rings (SSSR count). The van der Waals surface area contributed by atoms with E-state index in [1.807, 2.05) is 0 Å². The number of methoxy groups -OCH3 is 2. The second kappa shape index (κ2) is 8.97. The fourth-order valence-electron chi connectivity index (χ4n) is 2.49. The molecule has 0 saturated heterocycles. The van der Waals surface area contributed by atoms with Crippen LogP contribution in [0.3, 0.4) is 0 Å². The molecule has 5 nitrogen and oxygen atoms in total. The SMILES string of the molecule is COC(=O)[C@H](Cc1ccc(OC)c(Cl)c1)NC(=O)c1cccc(C(F)(F)F)c1. The summed E-state index contributed by atoms with van der Waals surface area (Å²) in [5.41, 5.74) is -0.585. The molecule has 1 N–H and O–H groups in total. The highest BCUT2D eigenvalue weighted by molar-refractivity contribution is 6.32. The molecule has 0 aliphatic carbocycles. The Labute approximate surface area is 164 Å². The summed E-state index contributed by atoms with van der Waals surface area (Å²) in [6.45, 7) is 0. The number of carbonyl (C=O) groups excluding carboxylic acids is 2. The van der Waals surface area contributed by atoms with Gasteiger partial charge in [-0.2, -0.15) is 13.2 Å². The zero-order valence-electron chi connectivity index (χ0n) is 15.0. The van der Waals surface area contributed by atoms with Gasteiger partial charge in [-0.25, -0.2) is 4.79 Å². The van der Waals surface area contributed by atoms with Gasteiger partial charge in [0.05, 0.1) is 24.8 Å². The Morgan fingerprint density at radius 1 is 1.14 bits per heavy atom. The summed E-state index contributed by atoms with van der Waals surface area (Å²) >= 11 is 6.05. The largest absolute Gasteiger partial charge is 0.495 e. The number of amides is 1. The van der Waals surface area contributed by atoms with Gasteiger partial charge in [-0.1, -0.05) is 23.7 Å². The first-order valence-electron chi connectivity index (χ1n) is 8.04. The van der Waals surface area contributed by atoms with Crippen LogP contribution in [0.2, 0.25) is 5.02 Å². The third kappa shape index (κ3) is 5.39. The first-order chi connectivity index (χ1) is 13.2. The first kappa shape index (κ1) is 21.6. The van der Waals surface area contributed by atoms with Crippen LogP contribution in [0.15, 0.2) is 42.5 Å². The average molecular weight is 416 g/mol. The Hall–Kier alpha value is -2.74. The van der Waals surface area contributed by atoms with Crippen molar-refractivity contribution in [3.8, 4) is 5.75 Å². The predicted octanol–water partition coefficient (Wildman–Crippen LogP) is 3.88. The molecule has 0 radical (unpaired) electrons. The van der Waals surface area contributed by atoms with Gasteiger partial charge in [-0.15, -0.1) is 0 Å². The molecule has 0 unspecified atom stereocenters. The number of esters is 1. The van der Waals surface area contributed by atoms with E-state index >= 15 is 0 Å². The van der Waals surface area contributed by atoms with E-state index in [0.717, 1.165) is 19.2 Å². The van der Waals surface area contributed by atoms with Crippen LogP contribution >= 0.6 is 11.6 Å². The zero-order chi connectivity index (χ0) is 20.9. The summed E-state index contributed by atoms with van der Waals surface area (Å²) in [6, 6.07) is 7.61. The van der Waals surface area contributed by atoms with Crippen LogP contribution in [0.5, 0.6) is 5.75 Å². The Morgan fingerprint density at radius 2 is 1.86 bits per heavy atom. The molecular weight excluding hydrogens is 399 g/mol. The van der Waals surface area contributed by atoms with E-state index in [4.69, 9.17) is 16.3 Å². The number of hydrogen-bond acceptors (Lipinski definition) is 4. The highest BCUT2D eigenvalue weighted by Crippen LogP contribution is 2.29. The standard InChI is InChI=1S/C19H17ClF3NO4/c1-27-16-7-6-11(8-14(16)20)9-15(18(26)28-2)24-17(25)12-4-3-5-13(10-12)19(21,22)23/h3-8,10,15H,9H2,1-2H3,(H,24,25)/t15-/m0/s1. The molecule has 0 bridgehead atoms. The van der Waals surface area contributed by atoms with E-state index in [9.17, 15) is 22.8 Å². The van der Waals surface area contributed by atoms with Gasteiger partial charge in [0.15, 0.2) is 0 Å². The van der Waals surface area contributed by atoms with Gasteiger partial charge in [-0.3, -0.25) is 4.79 Å². The maximum Gasteiger partial charge on any atom is 0.416 e. The van der Waals surface area contributed by atoms with Gasteiger partial charge in [0.2, 0.25) is 0 Å². The lowest BCUT2D eigenvalue weighted by Crippen LogP contribution is -2.43. The van der Waals surface area contributed by atoms with Gasteiger partial charge < -0.3 is 14.8 Å². The normalized spacial score (nSPS) is 12.2. The van der Waals surface area contributed by atoms with E-state index < -0.39 is 29.7 Å². The number of ether oxygens (including phenoxy) is 2. The number of hydrogen-bond donors (Lipinski definition) is 1. The summed E-state index contributed by atoms with van der Waals surface area (Å²) in [6.07, 6.45) is -4.56. The minimum Gasteiger partial charge on any atom is -0.495 e. The molecule has 9 heteroatoms. The second-order valence-corrected chi connectivity index (χ2v) is 6.21. The highest BCUT2D eigenvalue weighted by Gasteiger charge is 2.31. The third-order valence-corrected chi connectivity index (χ3v) is 4.19. The third-order valence-electron chi connectivity index (χ3n) is 3.90. The van der Waals surface area contributed by atoms with Gasteiger partial charge >= 0.3 is 12.1 Å². The topological polar surface area (TPSA) is 64.6 Å². The fourth-order valence-corrected chi connectivity index (χ4v) is 2.77. The molecule has 28 heavy (non-hydrogen) atoms. The summed E-state index contributed by atoms with van der Waals surface area (Å²) in [5, 5.41) is 2.72. The summed E-state index contributed by atoms with van der Waals surface area (Å²) in [5.74, 6) is -1.14.